The van der Waals surface area contributed by atoms with Crippen LogP contribution in [0.4, 0.5) is 0 Å². The van der Waals surface area contributed by atoms with Crippen molar-refractivity contribution < 1.29 is 29.7 Å². The maximum absolute atomic E-state index is 14.7. The number of carbonyl (C=O) groups excluding carboxylic acids is 3. The zero-order valence-electron chi connectivity index (χ0n) is 26.5. The number of benzene rings is 2. The van der Waals surface area contributed by atoms with Gasteiger partial charge in [-0.15, -0.1) is 0 Å². The number of hydrogen-bond donors (Lipinski definition) is 3. The van der Waals surface area contributed by atoms with Gasteiger partial charge in [0.25, 0.3) is 0 Å². The zero-order chi connectivity index (χ0) is 32.0. The molecule has 6 atom stereocenters. The molecule has 2 aromatic rings. The van der Waals surface area contributed by atoms with Gasteiger partial charge in [-0.2, -0.15) is 0 Å². The van der Waals surface area contributed by atoms with Crippen molar-refractivity contribution in [2.75, 3.05) is 0 Å². The van der Waals surface area contributed by atoms with E-state index in [2.05, 4.69) is 0 Å². The van der Waals surface area contributed by atoms with E-state index in [0.717, 1.165) is 11.1 Å². The van der Waals surface area contributed by atoms with Crippen molar-refractivity contribution in [3.05, 3.63) is 80.9 Å². The van der Waals surface area contributed by atoms with E-state index in [4.69, 9.17) is 0 Å². The highest BCUT2D eigenvalue weighted by molar-refractivity contribution is 6.33. The van der Waals surface area contributed by atoms with Gasteiger partial charge >= 0.3 is 0 Å². The topological polar surface area (TPSA) is 112 Å². The lowest BCUT2D eigenvalue weighted by Gasteiger charge is -2.65. The van der Waals surface area contributed by atoms with Gasteiger partial charge in [0.05, 0.1) is 11.1 Å². The number of ketones is 3. The van der Waals surface area contributed by atoms with E-state index in [1.807, 2.05) is 78.0 Å². The number of Topliss-reactive ketones (excluding diaryl/α,β-unsaturated/α-hetero) is 3. The maximum atomic E-state index is 14.7. The Morgan fingerprint density at radius 2 is 1.53 bits per heavy atom. The number of phenolic OH excluding ortho intramolecular Hbond substituents is 1. The lowest BCUT2D eigenvalue weighted by atomic mass is 9.37. The fraction of sp³-hybridized carbons (Fsp3) is 0.432. The molecule has 0 spiro atoms. The fourth-order valence-corrected chi connectivity index (χ4v) is 8.89. The van der Waals surface area contributed by atoms with Crippen LogP contribution in [0.1, 0.15) is 89.1 Å². The smallest absolute Gasteiger partial charge is 0.206 e. The van der Waals surface area contributed by atoms with Crippen LogP contribution in [0, 0.1) is 35.5 Å². The summed E-state index contributed by atoms with van der Waals surface area (Å²) in [7, 11) is 0. The number of allylic oxidation sites excluding steroid dienone is 1. The zero-order valence-corrected chi connectivity index (χ0v) is 26.5. The molecule has 43 heavy (non-hydrogen) atoms. The summed E-state index contributed by atoms with van der Waals surface area (Å²) in [6, 6.07) is 11.6. The number of aliphatic hydroxyl groups is 2. The van der Waals surface area contributed by atoms with Crippen molar-refractivity contribution in [1.29, 1.82) is 0 Å². The second-order valence-corrected chi connectivity index (χ2v) is 13.6. The third-order valence-electron chi connectivity index (χ3n) is 11.4. The molecule has 0 saturated heterocycles. The van der Waals surface area contributed by atoms with E-state index < -0.39 is 51.4 Å². The predicted octanol–water partition coefficient (Wildman–Crippen LogP) is 6.98. The molecule has 226 valence electrons. The standard InChI is InChI=1S/C37H42O6/c1-18(2)29-20(4)27(22(6)38)33(41)37(43)34(42)30-32(40)28-26(21(5)35(30,8)23(7)36(29,37)9)17-16-25(31(28)39)15-14-24-12-10-19(3)11-13-24/h10-18,21,23,29,39-40,43H,1-9H3/b15-14+/t21-,23-,29+,35-,36-,37+/m0/s1. The number of aryl methyl sites for hydroxylation is 1. The van der Waals surface area contributed by atoms with Gasteiger partial charge in [0.15, 0.2) is 11.4 Å². The van der Waals surface area contributed by atoms with Crippen LogP contribution < -0.4 is 0 Å². The Balaban J connectivity index is 1.76. The lowest BCUT2D eigenvalue weighted by molar-refractivity contribution is -0.194. The molecular weight excluding hydrogens is 540 g/mol. The number of rotatable bonds is 4. The van der Waals surface area contributed by atoms with Gasteiger partial charge < -0.3 is 15.3 Å². The number of phenols is 1. The molecule has 0 unspecified atom stereocenters. The molecule has 0 aromatic heterocycles. The predicted molar refractivity (Wildman–Crippen MR) is 168 cm³/mol. The van der Waals surface area contributed by atoms with E-state index in [-0.39, 0.29) is 34.3 Å². The number of hydrogen-bond acceptors (Lipinski definition) is 6. The van der Waals surface area contributed by atoms with E-state index >= 15 is 0 Å². The third kappa shape index (κ3) is 3.78. The van der Waals surface area contributed by atoms with Crippen LogP contribution >= 0.6 is 0 Å². The number of aliphatic hydroxyl groups excluding tert-OH is 1. The van der Waals surface area contributed by atoms with E-state index in [0.29, 0.717) is 16.7 Å². The van der Waals surface area contributed by atoms with Crippen molar-refractivity contribution in [1.82, 2.24) is 0 Å². The van der Waals surface area contributed by atoms with Crippen molar-refractivity contribution in [3.63, 3.8) is 0 Å². The molecular formula is C37H42O6. The first-order chi connectivity index (χ1) is 20.0. The van der Waals surface area contributed by atoms with Crippen LogP contribution in [0.25, 0.3) is 17.9 Å². The van der Waals surface area contributed by atoms with Gasteiger partial charge in [-0.1, -0.05) is 101 Å². The highest BCUT2D eigenvalue weighted by Gasteiger charge is 2.75. The summed E-state index contributed by atoms with van der Waals surface area (Å²) in [4.78, 5) is 41.6. The quantitative estimate of drug-likeness (QED) is 0.204. The summed E-state index contributed by atoms with van der Waals surface area (Å²) in [5.41, 5.74) is -1.15. The number of aromatic hydroxyl groups is 1. The van der Waals surface area contributed by atoms with Gasteiger partial charge in [-0.05, 0) is 55.6 Å². The van der Waals surface area contributed by atoms with Gasteiger partial charge in [-0.25, -0.2) is 0 Å². The Bertz CT molecular complexity index is 1670. The van der Waals surface area contributed by atoms with Crippen molar-refractivity contribution in [2.45, 2.75) is 73.8 Å². The summed E-state index contributed by atoms with van der Waals surface area (Å²) < 4.78 is 0. The minimum absolute atomic E-state index is 0.0757. The molecule has 0 amide bonds. The fourth-order valence-electron chi connectivity index (χ4n) is 8.89. The molecule has 6 heteroatoms. The lowest BCUT2D eigenvalue weighted by Crippen LogP contribution is -2.74. The van der Waals surface area contributed by atoms with E-state index in [9.17, 15) is 29.7 Å². The van der Waals surface area contributed by atoms with Crippen molar-refractivity contribution in [3.8, 4) is 5.75 Å². The summed E-state index contributed by atoms with van der Waals surface area (Å²) in [6.45, 7) is 16.6. The number of fused-ring (bicyclic) bond motifs is 3. The van der Waals surface area contributed by atoms with Crippen LogP contribution in [-0.4, -0.2) is 38.3 Å². The molecule has 2 aromatic carbocycles. The molecule has 5 rings (SSSR count). The van der Waals surface area contributed by atoms with Gasteiger partial charge in [-0.3, -0.25) is 14.4 Å². The molecule has 3 N–H and O–H groups in total. The average molecular weight is 583 g/mol. The molecule has 0 aliphatic heterocycles. The summed E-state index contributed by atoms with van der Waals surface area (Å²) in [5.74, 6) is -4.34. The molecule has 1 fully saturated rings. The molecule has 6 nitrogen and oxygen atoms in total. The second kappa shape index (κ2) is 9.88. The Hall–Kier alpha value is -3.77. The molecule has 3 aliphatic carbocycles. The molecule has 0 bridgehead atoms. The Morgan fingerprint density at radius 1 is 0.930 bits per heavy atom. The Kier molecular flexibility index (Phi) is 7.05. The highest BCUT2D eigenvalue weighted by atomic mass is 16.3. The molecule has 1 saturated carbocycles. The summed E-state index contributed by atoms with van der Waals surface area (Å²) in [5, 5.41) is 35.9. The first-order valence-corrected chi connectivity index (χ1v) is 15.1. The van der Waals surface area contributed by atoms with E-state index in [1.54, 1.807) is 26.0 Å². The second-order valence-electron chi connectivity index (χ2n) is 13.6. The first-order valence-electron chi connectivity index (χ1n) is 15.1. The van der Waals surface area contributed by atoms with Crippen molar-refractivity contribution >= 4 is 35.3 Å². The maximum Gasteiger partial charge on any atom is 0.206 e. The normalized spacial score (nSPS) is 32.3. The Labute approximate surface area is 253 Å². The van der Waals surface area contributed by atoms with Crippen LogP contribution in [0.5, 0.6) is 5.75 Å². The van der Waals surface area contributed by atoms with Crippen molar-refractivity contribution in [2.24, 2.45) is 28.6 Å². The minimum Gasteiger partial charge on any atom is -0.507 e. The number of carbonyl (C=O) groups is 3. The van der Waals surface area contributed by atoms with Crippen LogP contribution in [0.2, 0.25) is 0 Å². The highest BCUT2D eigenvalue weighted by Crippen LogP contribution is 2.70. The van der Waals surface area contributed by atoms with Crippen LogP contribution in [0.15, 0.2) is 53.1 Å². The first kappa shape index (κ1) is 30.7. The SMILES string of the molecule is CC(=O)C1=C(C)[C@@H](C(C)C)[C@]2(C)[C@@H](C)[C@@]3(C)C(=C(O)c4c(ccc(/C=C/c5ccc(C)cc5)c4O)[C@@H]3C)C(=O)[C@]2(O)C1=O. The van der Waals surface area contributed by atoms with Gasteiger partial charge in [0, 0.05) is 22.0 Å². The van der Waals surface area contributed by atoms with Gasteiger partial charge in [0.1, 0.15) is 11.5 Å². The summed E-state index contributed by atoms with van der Waals surface area (Å²) in [6.07, 6.45) is 3.60. The molecule has 3 aliphatic rings. The minimum atomic E-state index is -2.57. The average Bonchev–Trinajstić information content (AvgIpc) is 2.93. The van der Waals surface area contributed by atoms with Crippen LogP contribution in [-0.2, 0) is 14.4 Å². The van der Waals surface area contributed by atoms with Crippen LogP contribution in [0.3, 0.4) is 0 Å². The third-order valence-corrected chi connectivity index (χ3v) is 11.4. The van der Waals surface area contributed by atoms with E-state index in [1.165, 1.54) is 6.92 Å². The monoisotopic (exact) mass is 582 g/mol. The molecule has 0 heterocycles. The van der Waals surface area contributed by atoms with Gasteiger partial charge in [0.2, 0.25) is 11.6 Å². The molecule has 0 radical (unpaired) electrons. The largest absolute Gasteiger partial charge is 0.507 e. The summed E-state index contributed by atoms with van der Waals surface area (Å²) >= 11 is 0. The Morgan fingerprint density at radius 3 is 2.09 bits per heavy atom.